The van der Waals surface area contributed by atoms with E-state index in [0.717, 1.165) is 6.42 Å². The van der Waals surface area contributed by atoms with E-state index in [1.165, 1.54) is 36.8 Å². The molecule has 0 heterocycles. The zero-order valence-corrected chi connectivity index (χ0v) is 13.0. The molecule has 1 fully saturated rings. The van der Waals surface area contributed by atoms with Crippen LogP contribution in [-0.2, 0) is 6.42 Å². The maximum atomic E-state index is 3.81. The van der Waals surface area contributed by atoms with Crippen LogP contribution in [0.4, 0.5) is 0 Å². The van der Waals surface area contributed by atoms with Gasteiger partial charge in [0.15, 0.2) is 0 Å². The molecule has 1 unspecified atom stereocenters. The summed E-state index contributed by atoms with van der Waals surface area (Å²) >= 11 is 0. The van der Waals surface area contributed by atoms with Crippen LogP contribution >= 0.6 is 0 Å². The molecule has 106 valence electrons. The van der Waals surface area contributed by atoms with Crippen LogP contribution < -0.4 is 5.32 Å². The smallest absolute Gasteiger partial charge is 0.0294 e. The van der Waals surface area contributed by atoms with Crippen LogP contribution in [0.1, 0.15) is 70.5 Å². The lowest BCUT2D eigenvalue weighted by Gasteiger charge is -2.36. The Labute approximate surface area is 118 Å². The van der Waals surface area contributed by atoms with Crippen molar-refractivity contribution in [3.8, 4) is 0 Å². The second kappa shape index (κ2) is 6.09. The van der Waals surface area contributed by atoms with Crippen LogP contribution in [0, 0.1) is 5.41 Å². The van der Waals surface area contributed by atoms with Crippen molar-refractivity contribution >= 4 is 0 Å². The first-order valence-electron chi connectivity index (χ1n) is 7.85. The SMILES string of the molecule is CCc1ccc(C(C)NC2CCC(C)(C)CC2)cc1. The van der Waals surface area contributed by atoms with E-state index in [-0.39, 0.29) is 0 Å². The molecule has 1 heteroatoms. The van der Waals surface area contributed by atoms with Crippen molar-refractivity contribution in [2.45, 2.75) is 71.9 Å². The fraction of sp³-hybridized carbons (Fsp3) is 0.667. The Balaban J connectivity index is 1.88. The largest absolute Gasteiger partial charge is 0.307 e. The van der Waals surface area contributed by atoms with Gasteiger partial charge in [-0.2, -0.15) is 0 Å². The number of rotatable bonds is 4. The van der Waals surface area contributed by atoms with Crippen LogP contribution in [0.2, 0.25) is 0 Å². The summed E-state index contributed by atoms with van der Waals surface area (Å²) in [7, 11) is 0. The van der Waals surface area contributed by atoms with Gasteiger partial charge in [0.25, 0.3) is 0 Å². The molecule has 0 bridgehead atoms. The molecule has 1 aromatic rings. The Morgan fingerprint density at radius 2 is 1.74 bits per heavy atom. The third-order valence-corrected chi connectivity index (χ3v) is 4.71. The van der Waals surface area contributed by atoms with Gasteiger partial charge in [-0.3, -0.25) is 0 Å². The zero-order chi connectivity index (χ0) is 13.9. The van der Waals surface area contributed by atoms with Gasteiger partial charge in [0.05, 0.1) is 0 Å². The maximum Gasteiger partial charge on any atom is 0.0294 e. The minimum atomic E-state index is 0.470. The molecule has 1 aromatic carbocycles. The first-order valence-corrected chi connectivity index (χ1v) is 7.85. The van der Waals surface area contributed by atoms with E-state index in [1.54, 1.807) is 0 Å². The number of hydrogen-bond donors (Lipinski definition) is 1. The zero-order valence-electron chi connectivity index (χ0n) is 13.0. The summed E-state index contributed by atoms with van der Waals surface area (Å²) in [5.74, 6) is 0. The highest BCUT2D eigenvalue weighted by Crippen LogP contribution is 2.35. The minimum Gasteiger partial charge on any atom is -0.307 e. The number of hydrogen-bond acceptors (Lipinski definition) is 1. The van der Waals surface area contributed by atoms with Crippen LogP contribution in [0.5, 0.6) is 0 Å². The van der Waals surface area contributed by atoms with Crippen LogP contribution in [0.15, 0.2) is 24.3 Å². The molecular formula is C18H29N. The summed E-state index contributed by atoms with van der Waals surface area (Å²) in [5.41, 5.74) is 3.40. The molecule has 1 atom stereocenters. The van der Waals surface area contributed by atoms with Crippen molar-refractivity contribution in [1.29, 1.82) is 0 Å². The van der Waals surface area contributed by atoms with E-state index in [2.05, 4.69) is 57.3 Å². The van der Waals surface area contributed by atoms with Gasteiger partial charge in [-0.1, -0.05) is 45.0 Å². The van der Waals surface area contributed by atoms with Gasteiger partial charge in [-0.25, -0.2) is 0 Å². The van der Waals surface area contributed by atoms with Gasteiger partial charge in [0.2, 0.25) is 0 Å². The Hall–Kier alpha value is -0.820. The van der Waals surface area contributed by atoms with E-state index in [0.29, 0.717) is 17.5 Å². The highest BCUT2D eigenvalue weighted by Gasteiger charge is 2.27. The van der Waals surface area contributed by atoms with E-state index >= 15 is 0 Å². The topological polar surface area (TPSA) is 12.0 Å². The van der Waals surface area contributed by atoms with E-state index in [4.69, 9.17) is 0 Å². The predicted molar refractivity (Wildman–Crippen MR) is 83.4 cm³/mol. The molecule has 1 aliphatic carbocycles. The van der Waals surface area contributed by atoms with Gasteiger partial charge in [0.1, 0.15) is 0 Å². The summed E-state index contributed by atoms with van der Waals surface area (Å²) in [6.45, 7) is 9.30. The van der Waals surface area contributed by atoms with Crippen molar-refractivity contribution in [1.82, 2.24) is 5.32 Å². The van der Waals surface area contributed by atoms with Crippen molar-refractivity contribution < 1.29 is 0 Å². The lowest BCUT2D eigenvalue weighted by molar-refractivity contribution is 0.200. The van der Waals surface area contributed by atoms with Crippen LogP contribution in [-0.4, -0.2) is 6.04 Å². The van der Waals surface area contributed by atoms with E-state index in [9.17, 15) is 0 Å². The Morgan fingerprint density at radius 1 is 1.16 bits per heavy atom. The molecule has 0 radical (unpaired) electrons. The standard InChI is InChI=1S/C18H29N/c1-5-15-6-8-16(9-7-15)14(2)19-17-10-12-18(3,4)13-11-17/h6-9,14,17,19H,5,10-13H2,1-4H3. The molecule has 0 spiro atoms. The average molecular weight is 259 g/mol. The van der Waals surface area contributed by atoms with Crippen LogP contribution in [0.25, 0.3) is 0 Å². The van der Waals surface area contributed by atoms with Gasteiger partial charge >= 0.3 is 0 Å². The Kier molecular flexibility index (Phi) is 4.67. The first-order chi connectivity index (χ1) is 9.00. The number of nitrogens with one attached hydrogen (secondary N) is 1. The molecule has 1 nitrogen and oxygen atoms in total. The molecule has 19 heavy (non-hydrogen) atoms. The fourth-order valence-corrected chi connectivity index (χ4v) is 3.06. The molecule has 2 rings (SSSR count). The van der Waals surface area contributed by atoms with E-state index < -0.39 is 0 Å². The van der Waals surface area contributed by atoms with Crippen molar-refractivity contribution in [3.05, 3.63) is 35.4 Å². The number of aryl methyl sites for hydroxylation is 1. The Bertz CT molecular complexity index is 381. The van der Waals surface area contributed by atoms with Crippen LogP contribution in [0.3, 0.4) is 0 Å². The quantitative estimate of drug-likeness (QED) is 0.813. The van der Waals surface area contributed by atoms with Gasteiger partial charge in [0, 0.05) is 12.1 Å². The first kappa shape index (κ1) is 14.6. The molecule has 0 aromatic heterocycles. The van der Waals surface area contributed by atoms with E-state index in [1.807, 2.05) is 0 Å². The summed E-state index contributed by atoms with van der Waals surface area (Å²) in [6.07, 6.45) is 6.48. The summed E-state index contributed by atoms with van der Waals surface area (Å²) < 4.78 is 0. The summed E-state index contributed by atoms with van der Waals surface area (Å²) in [5, 5.41) is 3.81. The Morgan fingerprint density at radius 3 is 2.26 bits per heavy atom. The molecule has 0 aliphatic heterocycles. The van der Waals surface area contributed by atoms with Crippen molar-refractivity contribution in [2.24, 2.45) is 5.41 Å². The number of benzene rings is 1. The highest BCUT2D eigenvalue weighted by atomic mass is 14.9. The molecule has 1 saturated carbocycles. The monoisotopic (exact) mass is 259 g/mol. The fourth-order valence-electron chi connectivity index (χ4n) is 3.06. The van der Waals surface area contributed by atoms with Crippen molar-refractivity contribution in [3.63, 3.8) is 0 Å². The van der Waals surface area contributed by atoms with Gasteiger partial charge in [-0.15, -0.1) is 0 Å². The normalized spacial score (nSPS) is 21.3. The predicted octanol–water partition coefficient (Wildman–Crippen LogP) is 4.87. The summed E-state index contributed by atoms with van der Waals surface area (Å²) in [6, 6.07) is 10.3. The third kappa shape index (κ3) is 4.07. The lowest BCUT2D eigenvalue weighted by atomic mass is 9.75. The summed E-state index contributed by atoms with van der Waals surface area (Å²) in [4.78, 5) is 0. The maximum absolute atomic E-state index is 3.81. The van der Waals surface area contributed by atoms with Gasteiger partial charge in [-0.05, 0) is 55.6 Å². The molecule has 1 N–H and O–H groups in total. The van der Waals surface area contributed by atoms with Crippen molar-refractivity contribution in [2.75, 3.05) is 0 Å². The van der Waals surface area contributed by atoms with Gasteiger partial charge < -0.3 is 5.32 Å². The average Bonchev–Trinajstić information content (AvgIpc) is 2.41. The second-order valence-corrected chi connectivity index (χ2v) is 6.92. The molecule has 1 aliphatic rings. The molecule has 0 amide bonds. The highest BCUT2D eigenvalue weighted by molar-refractivity contribution is 5.24. The lowest BCUT2D eigenvalue weighted by Crippen LogP contribution is -2.37. The molecular weight excluding hydrogens is 230 g/mol. The second-order valence-electron chi connectivity index (χ2n) is 6.92. The molecule has 0 saturated heterocycles. The third-order valence-electron chi connectivity index (χ3n) is 4.71. The minimum absolute atomic E-state index is 0.470.